The molecule has 0 aliphatic carbocycles. The van der Waals surface area contributed by atoms with E-state index < -0.39 is 23.9 Å². The summed E-state index contributed by atoms with van der Waals surface area (Å²) in [5.74, 6) is -3.28. The molecule has 0 saturated carbocycles. The maximum atomic E-state index is 11.7. The minimum Gasteiger partial charge on any atom is -0.300 e. The Morgan fingerprint density at radius 3 is 1.00 bits per heavy atom. The second-order valence-corrected chi connectivity index (χ2v) is 6.69. The highest BCUT2D eigenvalue weighted by atomic mass is 17.2. The highest BCUT2D eigenvalue weighted by molar-refractivity contribution is 5.85. The first-order valence-electron chi connectivity index (χ1n) is 9.79. The molecule has 1 rings (SSSR count). The zero-order chi connectivity index (χ0) is 20.6. The molecule has 0 bridgehead atoms. The molecule has 9 heteroatoms. The molecule has 158 valence electrons. The maximum absolute atomic E-state index is 11.7. The monoisotopic (exact) mass is 400 g/mol. The molecule has 9 nitrogen and oxygen atoms in total. The van der Waals surface area contributed by atoms with Crippen LogP contribution < -0.4 is 0 Å². The maximum Gasteiger partial charge on any atom is 0.356 e. The third-order valence-electron chi connectivity index (χ3n) is 4.18. The molecule has 0 radical (unpaired) electrons. The van der Waals surface area contributed by atoms with Crippen molar-refractivity contribution in [3.63, 3.8) is 0 Å². The lowest BCUT2D eigenvalue weighted by atomic mass is 10.1. The van der Waals surface area contributed by atoms with Gasteiger partial charge in [0.05, 0.1) is 25.7 Å². The van der Waals surface area contributed by atoms with Crippen molar-refractivity contribution in [2.45, 2.75) is 89.9 Å². The van der Waals surface area contributed by atoms with Crippen LogP contribution in [-0.4, -0.2) is 29.7 Å². The summed E-state index contributed by atoms with van der Waals surface area (Å²) in [6, 6.07) is 0. The molecule has 0 atom stereocenters. The van der Waals surface area contributed by atoms with Crippen LogP contribution in [0.2, 0.25) is 0 Å². The molecule has 1 aliphatic heterocycles. The lowest BCUT2D eigenvalue weighted by Gasteiger charge is -2.04. The normalized spacial score (nSPS) is 21.1. The second kappa shape index (κ2) is 14.6. The number of Topliss-reactive ketones (excluding diaryl/α,β-unsaturated/α-hetero) is 1. The van der Waals surface area contributed by atoms with Gasteiger partial charge in [0.25, 0.3) is 0 Å². The van der Waals surface area contributed by atoms with Gasteiger partial charge in [-0.3, -0.25) is 4.79 Å². The van der Waals surface area contributed by atoms with Crippen molar-refractivity contribution in [2.75, 3.05) is 0 Å². The van der Waals surface area contributed by atoms with Crippen molar-refractivity contribution in [1.82, 2.24) is 0 Å². The number of rotatable bonds is 0. The first-order valence-corrected chi connectivity index (χ1v) is 9.79. The zero-order valence-electron chi connectivity index (χ0n) is 16.1. The number of carbonyl (C=O) groups is 5. The molecule has 0 spiro atoms. The van der Waals surface area contributed by atoms with Crippen molar-refractivity contribution in [3.8, 4) is 0 Å². The van der Waals surface area contributed by atoms with Gasteiger partial charge in [-0.25, -0.2) is 38.7 Å². The molecular weight excluding hydrogens is 372 g/mol. The molecule has 0 amide bonds. The fourth-order valence-electron chi connectivity index (χ4n) is 2.56. The van der Waals surface area contributed by atoms with E-state index in [0.717, 1.165) is 38.5 Å². The summed E-state index contributed by atoms with van der Waals surface area (Å²) in [5.41, 5.74) is 0. The van der Waals surface area contributed by atoms with Crippen LogP contribution in [-0.2, 0) is 43.5 Å². The average molecular weight is 400 g/mol. The van der Waals surface area contributed by atoms with E-state index in [-0.39, 0.29) is 44.3 Å². The Morgan fingerprint density at radius 1 is 0.357 bits per heavy atom. The van der Waals surface area contributed by atoms with Crippen molar-refractivity contribution in [3.05, 3.63) is 0 Å². The zero-order valence-corrected chi connectivity index (χ0v) is 16.1. The molecule has 0 aromatic carbocycles. The van der Waals surface area contributed by atoms with Gasteiger partial charge < -0.3 is 0 Å². The van der Waals surface area contributed by atoms with Crippen LogP contribution in [0, 0.1) is 0 Å². The quantitative estimate of drug-likeness (QED) is 0.564. The molecule has 0 unspecified atom stereocenters. The topological polar surface area (TPSA) is 122 Å². The number of carbonyl (C=O) groups excluding carboxylic acids is 5. The molecule has 28 heavy (non-hydrogen) atoms. The van der Waals surface area contributed by atoms with E-state index >= 15 is 0 Å². The molecule has 1 fully saturated rings. The largest absolute Gasteiger partial charge is 0.356 e. The third kappa shape index (κ3) is 12.8. The summed E-state index contributed by atoms with van der Waals surface area (Å²) in [6.45, 7) is 0. The second-order valence-electron chi connectivity index (χ2n) is 6.69. The van der Waals surface area contributed by atoms with E-state index in [9.17, 15) is 24.0 Å². The van der Waals surface area contributed by atoms with Gasteiger partial charge in [-0.1, -0.05) is 38.5 Å². The van der Waals surface area contributed by atoms with Gasteiger partial charge in [0, 0.05) is 12.8 Å². The van der Waals surface area contributed by atoms with E-state index in [1.54, 1.807) is 0 Å². The number of hydrogen-bond donors (Lipinski definition) is 0. The number of ketones is 1. The van der Waals surface area contributed by atoms with E-state index in [2.05, 4.69) is 19.6 Å². The Bertz CT molecular complexity index is 496. The molecule has 0 N–H and O–H groups in total. The van der Waals surface area contributed by atoms with Crippen LogP contribution in [0.15, 0.2) is 0 Å². The van der Waals surface area contributed by atoms with Crippen molar-refractivity contribution in [1.29, 1.82) is 0 Å². The number of hydrogen-bond acceptors (Lipinski definition) is 9. The Morgan fingerprint density at radius 2 is 0.643 bits per heavy atom. The third-order valence-corrected chi connectivity index (χ3v) is 4.18. The van der Waals surface area contributed by atoms with Crippen LogP contribution in [0.3, 0.4) is 0 Å². The standard InChI is InChI=1S/C19H28O9/c20-15-11-13-18(23)27-25-16(21)9-7-5-3-1-2-4-6-8-10-17(22)26-28-19(24)14-12-15/h1-14H2. The SMILES string of the molecule is O=C1CCC(=O)OOC(=O)CCCCCCCCCCC(=O)OOC(=O)CC1. The minimum atomic E-state index is -0.836. The first kappa shape index (κ1) is 23.6. The summed E-state index contributed by atoms with van der Waals surface area (Å²) in [5, 5.41) is 0. The highest BCUT2D eigenvalue weighted by Crippen LogP contribution is 2.12. The van der Waals surface area contributed by atoms with Gasteiger partial charge >= 0.3 is 23.9 Å². The van der Waals surface area contributed by atoms with E-state index in [4.69, 9.17) is 0 Å². The van der Waals surface area contributed by atoms with Gasteiger partial charge in [-0.15, -0.1) is 0 Å². The molecular formula is C19H28O9. The lowest BCUT2D eigenvalue weighted by molar-refractivity contribution is -0.259. The summed E-state index contributed by atoms with van der Waals surface area (Å²) >= 11 is 0. The van der Waals surface area contributed by atoms with Gasteiger partial charge in [-0.2, -0.15) is 0 Å². The summed E-state index contributed by atoms with van der Waals surface area (Å²) in [6.07, 6.45) is 6.51. The van der Waals surface area contributed by atoms with Gasteiger partial charge in [0.2, 0.25) is 0 Å². The lowest BCUT2D eigenvalue weighted by Crippen LogP contribution is -2.14. The summed E-state index contributed by atoms with van der Waals surface area (Å²) in [7, 11) is 0. The summed E-state index contributed by atoms with van der Waals surface area (Å²) in [4.78, 5) is 75.1. The van der Waals surface area contributed by atoms with Gasteiger partial charge in [0.15, 0.2) is 0 Å². The van der Waals surface area contributed by atoms with E-state index in [1.807, 2.05) is 0 Å². The van der Waals surface area contributed by atoms with E-state index in [0.29, 0.717) is 12.8 Å². The molecule has 1 saturated heterocycles. The Balaban J connectivity index is 2.40. The van der Waals surface area contributed by atoms with E-state index in [1.165, 1.54) is 0 Å². The van der Waals surface area contributed by atoms with Crippen molar-refractivity contribution in [2.24, 2.45) is 0 Å². The van der Waals surface area contributed by atoms with Gasteiger partial charge in [-0.05, 0) is 12.8 Å². The van der Waals surface area contributed by atoms with Gasteiger partial charge in [0.1, 0.15) is 5.78 Å². The van der Waals surface area contributed by atoms with Crippen LogP contribution in [0.1, 0.15) is 89.9 Å². The fraction of sp³-hybridized carbons (Fsp3) is 0.737. The molecule has 0 aromatic heterocycles. The van der Waals surface area contributed by atoms with Crippen LogP contribution in [0.4, 0.5) is 0 Å². The fourth-order valence-corrected chi connectivity index (χ4v) is 2.56. The minimum absolute atomic E-state index is 0.163. The van der Waals surface area contributed by atoms with Crippen LogP contribution in [0.25, 0.3) is 0 Å². The van der Waals surface area contributed by atoms with Crippen molar-refractivity contribution >= 4 is 29.7 Å². The Labute approximate surface area is 163 Å². The smallest absolute Gasteiger partial charge is 0.300 e. The predicted molar refractivity (Wildman–Crippen MR) is 94.0 cm³/mol. The first-order chi connectivity index (χ1) is 13.5. The highest BCUT2D eigenvalue weighted by Gasteiger charge is 2.15. The molecule has 1 heterocycles. The summed E-state index contributed by atoms with van der Waals surface area (Å²) < 4.78 is 0. The molecule has 1 aliphatic rings. The average Bonchev–Trinajstić information content (AvgIpc) is 2.68. The predicted octanol–water partition coefficient (Wildman–Crippen LogP) is 3.03. The molecule has 0 aromatic rings. The Kier molecular flexibility index (Phi) is 12.3. The Hall–Kier alpha value is -2.45. The van der Waals surface area contributed by atoms with Crippen LogP contribution >= 0.6 is 0 Å². The van der Waals surface area contributed by atoms with Crippen LogP contribution in [0.5, 0.6) is 0 Å². The van der Waals surface area contributed by atoms with Crippen molar-refractivity contribution < 1.29 is 43.5 Å².